The predicted molar refractivity (Wildman–Crippen MR) is 54.8 cm³/mol. The van der Waals surface area contributed by atoms with E-state index < -0.39 is 21.4 Å². The van der Waals surface area contributed by atoms with E-state index in [2.05, 4.69) is 20.1 Å². The number of hydrogen-bond acceptors (Lipinski definition) is 3. The molecule has 16 heavy (non-hydrogen) atoms. The third-order valence-corrected chi connectivity index (χ3v) is 3.59. The molecule has 0 aliphatic carbocycles. The summed E-state index contributed by atoms with van der Waals surface area (Å²) in [6.07, 6.45) is 0. The van der Waals surface area contributed by atoms with Gasteiger partial charge in [-0.2, -0.15) is 21.6 Å². The van der Waals surface area contributed by atoms with Gasteiger partial charge in [0.25, 0.3) is 0 Å². The van der Waals surface area contributed by atoms with Crippen molar-refractivity contribution in [1.82, 2.24) is 0 Å². The summed E-state index contributed by atoms with van der Waals surface area (Å²) in [7, 11) is -5.65. The van der Waals surface area contributed by atoms with Gasteiger partial charge in [-0.25, -0.2) is 0 Å². The maximum absolute atomic E-state index is 11.9. The van der Waals surface area contributed by atoms with Crippen LogP contribution in [0.4, 0.5) is 13.2 Å². The first-order valence-corrected chi connectivity index (χ1v) is 6.17. The molecule has 0 bridgehead atoms. The summed E-state index contributed by atoms with van der Waals surface area (Å²) in [5.41, 5.74) is -5.47. The maximum Gasteiger partial charge on any atom is 0.534 e. The molecule has 90 valence electrons. The predicted octanol–water partition coefficient (Wildman–Crippen LogP) is 3.33. The first-order valence-electron chi connectivity index (χ1n) is 3.59. The van der Waals surface area contributed by atoms with Gasteiger partial charge >= 0.3 is 15.6 Å². The zero-order chi connectivity index (χ0) is 12.6. The van der Waals surface area contributed by atoms with Gasteiger partial charge in [-0.1, -0.05) is 11.6 Å². The Labute approximate surface area is 102 Å². The van der Waals surface area contributed by atoms with Gasteiger partial charge in [0.15, 0.2) is 0 Å². The van der Waals surface area contributed by atoms with Crippen molar-refractivity contribution in [2.45, 2.75) is 5.51 Å². The highest BCUT2D eigenvalue weighted by Crippen LogP contribution is 2.31. The Hall–Kier alpha value is -0.470. The fraction of sp³-hybridized carbons (Fsp3) is 0.143. The zero-order valence-electron chi connectivity index (χ0n) is 7.25. The molecule has 9 heteroatoms. The van der Waals surface area contributed by atoms with Crippen LogP contribution in [-0.4, -0.2) is 13.9 Å². The summed E-state index contributed by atoms with van der Waals surface area (Å²) in [6, 6.07) is 3.26. The van der Waals surface area contributed by atoms with E-state index in [1.807, 2.05) is 0 Å². The molecule has 0 unspecified atom stereocenters. The summed E-state index contributed by atoms with van der Waals surface area (Å²) >= 11 is 8.54. The lowest BCUT2D eigenvalue weighted by Gasteiger charge is -2.09. The van der Waals surface area contributed by atoms with E-state index >= 15 is 0 Å². The molecular weight excluding hydrogens is 336 g/mol. The number of benzene rings is 1. The van der Waals surface area contributed by atoms with E-state index in [-0.39, 0.29) is 5.02 Å². The van der Waals surface area contributed by atoms with Crippen molar-refractivity contribution in [3.8, 4) is 5.75 Å². The van der Waals surface area contributed by atoms with Crippen molar-refractivity contribution in [2.24, 2.45) is 0 Å². The van der Waals surface area contributed by atoms with Crippen LogP contribution >= 0.6 is 27.5 Å². The molecule has 0 spiro atoms. The molecule has 0 atom stereocenters. The molecule has 1 aromatic rings. The molecule has 0 aliphatic heterocycles. The Balaban J connectivity index is 3.03. The van der Waals surface area contributed by atoms with E-state index in [1.54, 1.807) is 0 Å². The van der Waals surface area contributed by atoms with Crippen LogP contribution in [0.2, 0.25) is 5.02 Å². The quantitative estimate of drug-likeness (QED) is 0.613. The van der Waals surface area contributed by atoms with Crippen molar-refractivity contribution in [1.29, 1.82) is 0 Å². The average Bonchev–Trinajstić information content (AvgIpc) is 2.09. The third-order valence-electron chi connectivity index (χ3n) is 1.38. The van der Waals surface area contributed by atoms with Crippen molar-refractivity contribution in [3.63, 3.8) is 0 Å². The van der Waals surface area contributed by atoms with Gasteiger partial charge in [-0.15, -0.1) is 0 Å². The molecule has 0 saturated carbocycles. The van der Waals surface area contributed by atoms with Crippen LogP contribution in [0.25, 0.3) is 0 Å². The molecule has 0 saturated heterocycles. The van der Waals surface area contributed by atoms with E-state index in [9.17, 15) is 21.6 Å². The Morgan fingerprint density at radius 2 is 1.88 bits per heavy atom. The first kappa shape index (κ1) is 13.6. The average molecular weight is 340 g/mol. The minimum atomic E-state index is -5.65. The summed E-state index contributed by atoms with van der Waals surface area (Å²) < 4.78 is 61.3. The van der Waals surface area contributed by atoms with Crippen LogP contribution in [0, 0.1) is 0 Å². The van der Waals surface area contributed by atoms with Crippen LogP contribution in [-0.2, 0) is 10.1 Å². The van der Waals surface area contributed by atoms with Gasteiger partial charge in [0.1, 0.15) is 5.75 Å². The Kier molecular flexibility index (Phi) is 3.76. The highest BCUT2D eigenvalue weighted by molar-refractivity contribution is 9.10. The van der Waals surface area contributed by atoms with Gasteiger partial charge in [-0.3, -0.25) is 0 Å². The normalized spacial score (nSPS) is 12.6. The monoisotopic (exact) mass is 338 g/mol. The van der Waals surface area contributed by atoms with Crippen molar-refractivity contribution < 1.29 is 25.8 Å². The van der Waals surface area contributed by atoms with Crippen LogP contribution in [0.3, 0.4) is 0 Å². The largest absolute Gasteiger partial charge is 0.534 e. The molecule has 0 amide bonds. The van der Waals surface area contributed by atoms with Gasteiger partial charge in [0, 0.05) is 10.5 Å². The highest BCUT2D eigenvalue weighted by Gasteiger charge is 2.48. The second-order valence-corrected chi connectivity index (χ2v) is 5.36. The van der Waals surface area contributed by atoms with Crippen LogP contribution < -0.4 is 4.18 Å². The summed E-state index contributed by atoms with van der Waals surface area (Å²) in [6.45, 7) is 0. The van der Waals surface area contributed by atoms with E-state index in [4.69, 9.17) is 11.6 Å². The Bertz CT molecular complexity index is 500. The summed E-state index contributed by atoms with van der Waals surface area (Å²) in [4.78, 5) is 0. The third kappa shape index (κ3) is 3.02. The number of halogens is 5. The van der Waals surface area contributed by atoms with E-state index in [0.29, 0.717) is 4.47 Å². The molecule has 1 aromatic carbocycles. The molecular formula is C7H3BrClF3O3S. The standard InChI is InChI=1S/C7H3BrClF3O3S/c8-5-2-1-4(3-6(5)9)15-16(13,14)7(10,11)12/h1-3H. The van der Waals surface area contributed by atoms with Gasteiger partial charge in [-0.05, 0) is 28.1 Å². The Morgan fingerprint density at radius 3 is 2.31 bits per heavy atom. The minimum Gasteiger partial charge on any atom is -0.376 e. The fourth-order valence-corrected chi connectivity index (χ4v) is 1.57. The molecule has 0 N–H and O–H groups in total. The van der Waals surface area contributed by atoms with Gasteiger partial charge < -0.3 is 4.18 Å². The van der Waals surface area contributed by atoms with E-state index in [0.717, 1.165) is 12.1 Å². The second kappa shape index (κ2) is 4.42. The molecule has 0 aliphatic rings. The van der Waals surface area contributed by atoms with Crippen LogP contribution in [0.15, 0.2) is 22.7 Å². The number of alkyl halides is 3. The number of hydrogen-bond donors (Lipinski definition) is 0. The van der Waals surface area contributed by atoms with Crippen molar-refractivity contribution >= 4 is 37.6 Å². The lowest BCUT2D eigenvalue weighted by molar-refractivity contribution is -0.0500. The maximum atomic E-state index is 11.9. The zero-order valence-corrected chi connectivity index (χ0v) is 10.4. The lowest BCUT2D eigenvalue weighted by atomic mass is 10.3. The highest BCUT2D eigenvalue weighted by atomic mass is 79.9. The second-order valence-electron chi connectivity index (χ2n) is 2.56. The van der Waals surface area contributed by atoms with Crippen LogP contribution in [0.5, 0.6) is 5.75 Å². The minimum absolute atomic E-state index is 0.0369. The summed E-state index contributed by atoms with van der Waals surface area (Å²) in [5.74, 6) is -0.509. The van der Waals surface area contributed by atoms with Crippen LogP contribution in [0.1, 0.15) is 0 Å². The van der Waals surface area contributed by atoms with Gasteiger partial charge in [0.05, 0.1) is 5.02 Å². The van der Waals surface area contributed by atoms with Crippen molar-refractivity contribution in [3.05, 3.63) is 27.7 Å². The first-order chi connectivity index (χ1) is 7.13. The molecule has 1 rings (SSSR count). The molecule has 0 fully saturated rings. The molecule has 0 radical (unpaired) electrons. The SMILES string of the molecule is O=S(=O)(Oc1ccc(Br)c(Cl)c1)C(F)(F)F. The van der Waals surface area contributed by atoms with Gasteiger partial charge in [0.2, 0.25) is 0 Å². The van der Waals surface area contributed by atoms with Crippen molar-refractivity contribution in [2.75, 3.05) is 0 Å². The lowest BCUT2D eigenvalue weighted by Crippen LogP contribution is -2.28. The molecule has 0 aromatic heterocycles. The fourth-order valence-electron chi connectivity index (χ4n) is 0.703. The summed E-state index contributed by atoms with van der Waals surface area (Å²) in [5, 5.41) is 0.0369. The topological polar surface area (TPSA) is 43.4 Å². The molecule has 0 heterocycles. The Morgan fingerprint density at radius 1 is 1.31 bits per heavy atom. The molecule has 3 nitrogen and oxygen atoms in total. The van der Waals surface area contributed by atoms with E-state index in [1.165, 1.54) is 6.07 Å². The number of rotatable bonds is 2. The smallest absolute Gasteiger partial charge is 0.376 e.